The van der Waals surface area contributed by atoms with Gasteiger partial charge >= 0.3 is 0 Å². The molecule has 0 bridgehead atoms. The number of aryl methyl sites for hydroxylation is 2. The zero-order chi connectivity index (χ0) is 16.8. The molecule has 1 aromatic carbocycles. The van der Waals surface area contributed by atoms with E-state index in [1.165, 1.54) is 0 Å². The number of aromatic nitrogens is 2. The summed E-state index contributed by atoms with van der Waals surface area (Å²) in [5, 5.41) is 14.6. The fourth-order valence-electron chi connectivity index (χ4n) is 2.54. The Bertz CT molecular complexity index is 637. The molecule has 0 radical (unpaired) electrons. The summed E-state index contributed by atoms with van der Waals surface area (Å²) in [4.78, 5) is 14.2. The number of aliphatic hydroxyl groups is 1. The van der Waals surface area contributed by atoms with Crippen LogP contribution in [-0.2, 0) is 6.54 Å². The summed E-state index contributed by atoms with van der Waals surface area (Å²) in [5.41, 5.74) is 2.26. The first-order valence-electron chi connectivity index (χ1n) is 8.05. The maximum absolute atomic E-state index is 12.5. The highest BCUT2D eigenvalue weighted by molar-refractivity contribution is 5.94. The number of rotatable bonds is 7. The summed E-state index contributed by atoms with van der Waals surface area (Å²) in [6, 6.07) is 9.51. The van der Waals surface area contributed by atoms with Crippen LogP contribution in [0, 0.1) is 6.92 Å². The molecule has 0 saturated heterocycles. The first kappa shape index (κ1) is 17.2. The van der Waals surface area contributed by atoms with Gasteiger partial charge in [0.05, 0.1) is 17.4 Å². The first-order chi connectivity index (χ1) is 11.0. The molecule has 1 amide bonds. The summed E-state index contributed by atoms with van der Waals surface area (Å²) in [5.74, 6) is -0.0508. The van der Waals surface area contributed by atoms with Gasteiger partial charge in [-0.3, -0.25) is 9.48 Å². The van der Waals surface area contributed by atoms with Gasteiger partial charge in [-0.25, -0.2) is 0 Å². The minimum absolute atomic E-state index is 0.0508. The molecule has 0 aliphatic heterocycles. The molecule has 1 atom stereocenters. The number of carbonyl (C=O) groups is 1. The van der Waals surface area contributed by atoms with Gasteiger partial charge in [0.1, 0.15) is 0 Å². The monoisotopic (exact) mass is 315 g/mol. The number of hydrogen-bond donors (Lipinski definition) is 1. The molecule has 0 spiro atoms. The Morgan fingerprint density at radius 2 is 2.04 bits per heavy atom. The second kappa shape index (κ2) is 7.92. The third-order valence-electron chi connectivity index (χ3n) is 3.90. The van der Waals surface area contributed by atoms with E-state index in [4.69, 9.17) is 0 Å². The Balaban J connectivity index is 1.95. The third-order valence-corrected chi connectivity index (χ3v) is 3.90. The van der Waals surface area contributed by atoms with Gasteiger partial charge < -0.3 is 10.0 Å². The fraction of sp³-hybridized carbons (Fsp3) is 0.444. The zero-order valence-corrected chi connectivity index (χ0v) is 14.1. The van der Waals surface area contributed by atoms with E-state index >= 15 is 0 Å². The lowest BCUT2D eigenvalue weighted by molar-refractivity contribution is 0.0760. The standard InChI is InChI=1S/C18H25N3O2/c1-4-11-21-13-16(14(2)19-21)18(23)20(3)12-10-17(22)15-8-6-5-7-9-15/h5-9,13,17,22H,4,10-12H2,1-3H3/t17-/m1/s1. The quantitative estimate of drug-likeness (QED) is 0.855. The van der Waals surface area contributed by atoms with E-state index in [0.717, 1.165) is 24.2 Å². The van der Waals surface area contributed by atoms with Crippen molar-refractivity contribution in [1.82, 2.24) is 14.7 Å². The van der Waals surface area contributed by atoms with E-state index in [9.17, 15) is 9.90 Å². The Morgan fingerprint density at radius 3 is 2.70 bits per heavy atom. The average molecular weight is 315 g/mol. The maximum atomic E-state index is 12.5. The van der Waals surface area contributed by atoms with Crippen molar-refractivity contribution in [2.24, 2.45) is 0 Å². The molecule has 0 unspecified atom stereocenters. The van der Waals surface area contributed by atoms with E-state index in [-0.39, 0.29) is 5.91 Å². The largest absolute Gasteiger partial charge is 0.388 e. The average Bonchev–Trinajstić information content (AvgIpc) is 2.93. The highest BCUT2D eigenvalue weighted by atomic mass is 16.3. The van der Waals surface area contributed by atoms with Gasteiger partial charge in [-0.05, 0) is 25.3 Å². The summed E-state index contributed by atoms with van der Waals surface area (Å²) < 4.78 is 1.81. The normalized spacial score (nSPS) is 12.2. The van der Waals surface area contributed by atoms with Gasteiger partial charge in [-0.15, -0.1) is 0 Å². The van der Waals surface area contributed by atoms with Gasteiger partial charge in [0.2, 0.25) is 0 Å². The molecular weight excluding hydrogens is 290 g/mol. The van der Waals surface area contributed by atoms with Crippen LogP contribution in [0.2, 0.25) is 0 Å². The van der Waals surface area contributed by atoms with E-state index in [0.29, 0.717) is 18.5 Å². The predicted molar refractivity (Wildman–Crippen MR) is 90.2 cm³/mol. The molecule has 1 heterocycles. The van der Waals surface area contributed by atoms with Crippen molar-refractivity contribution < 1.29 is 9.90 Å². The molecule has 5 nitrogen and oxygen atoms in total. The molecule has 124 valence electrons. The lowest BCUT2D eigenvalue weighted by Crippen LogP contribution is -2.29. The van der Waals surface area contributed by atoms with Crippen LogP contribution in [-0.4, -0.2) is 39.3 Å². The first-order valence-corrected chi connectivity index (χ1v) is 8.05. The Hall–Kier alpha value is -2.14. The molecule has 0 fully saturated rings. The van der Waals surface area contributed by atoms with E-state index in [1.54, 1.807) is 11.9 Å². The van der Waals surface area contributed by atoms with E-state index < -0.39 is 6.10 Å². The SMILES string of the molecule is CCCn1cc(C(=O)N(C)CC[C@@H](O)c2ccccc2)c(C)n1. The van der Waals surface area contributed by atoms with Gasteiger partial charge in [0.15, 0.2) is 0 Å². The molecule has 2 rings (SSSR count). The molecule has 5 heteroatoms. The smallest absolute Gasteiger partial charge is 0.257 e. The topological polar surface area (TPSA) is 58.4 Å². The minimum atomic E-state index is -0.560. The maximum Gasteiger partial charge on any atom is 0.257 e. The molecule has 23 heavy (non-hydrogen) atoms. The predicted octanol–water partition coefficient (Wildman–Crippen LogP) is 2.80. The molecule has 1 N–H and O–H groups in total. The molecule has 2 aromatic rings. The molecule has 0 aliphatic carbocycles. The summed E-state index contributed by atoms with van der Waals surface area (Å²) >= 11 is 0. The fourth-order valence-corrected chi connectivity index (χ4v) is 2.54. The van der Waals surface area contributed by atoms with Gasteiger partial charge in [0, 0.05) is 26.3 Å². The van der Waals surface area contributed by atoms with Gasteiger partial charge in [0.25, 0.3) is 5.91 Å². The van der Waals surface area contributed by atoms with Crippen molar-refractivity contribution in [1.29, 1.82) is 0 Å². The van der Waals surface area contributed by atoms with Crippen molar-refractivity contribution in [3.8, 4) is 0 Å². The van der Waals surface area contributed by atoms with E-state index in [2.05, 4.69) is 12.0 Å². The second-order valence-corrected chi connectivity index (χ2v) is 5.83. The molecule has 0 saturated carbocycles. The van der Waals surface area contributed by atoms with Crippen molar-refractivity contribution in [3.05, 3.63) is 53.3 Å². The number of carbonyl (C=O) groups excluding carboxylic acids is 1. The number of hydrogen-bond acceptors (Lipinski definition) is 3. The highest BCUT2D eigenvalue weighted by Gasteiger charge is 2.18. The van der Waals surface area contributed by atoms with Crippen LogP contribution in [0.1, 0.15) is 47.5 Å². The Morgan fingerprint density at radius 1 is 1.35 bits per heavy atom. The Labute approximate surface area is 137 Å². The van der Waals surface area contributed by atoms with Gasteiger partial charge in [-0.2, -0.15) is 5.10 Å². The van der Waals surface area contributed by atoms with Crippen molar-refractivity contribution >= 4 is 5.91 Å². The van der Waals surface area contributed by atoms with Crippen LogP contribution in [0.3, 0.4) is 0 Å². The minimum Gasteiger partial charge on any atom is -0.388 e. The molecular formula is C18H25N3O2. The summed E-state index contributed by atoms with van der Waals surface area (Å²) in [7, 11) is 1.76. The number of aliphatic hydroxyl groups excluding tert-OH is 1. The molecule has 1 aromatic heterocycles. The van der Waals surface area contributed by atoms with Crippen molar-refractivity contribution in [2.45, 2.75) is 39.3 Å². The summed E-state index contributed by atoms with van der Waals surface area (Å²) in [6.45, 7) is 5.24. The highest BCUT2D eigenvalue weighted by Crippen LogP contribution is 2.17. The van der Waals surface area contributed by atoms with Gasteiger partial charge in [-0.1, -0.05) is 37.3 Å². The van der Waals surface area contributed by atoms with Crippen LogP contribution in [0.4, 0.5) is 0 Å². The second-order valence-electron chi connectivity index (χ2n) is 5.83. The summed E-state index contributed by atoms with van der Waals surface area (Å²) in [6.07, 6.45) is 2.74. The van der Waals surface area contributed by atoms with Crippen molar-refractivity contribution in [3.63, 3.8) is 0 Å². The van der Waals surface area contributed by atoms with Crippen LogP contribution in [0.15, 0.2) is 36.5 Å². The van der Waals surface area contributed by atoms with Crippen LogP contribution in [0.25, 0.3) is 0 Å². The zero-order valence-electron chi connectivity index (χ0n) is 14.1. The lowest BCUT2D eigenvalue weighted by atomic mass is 10.1. The van der Waals surface area contributed by atoms with Crippen LogP contribution >= 0.6 is 0 Å². The van der Waals surface area contributed by atoms with Crippen molar-refractivity contribution in [2.75, 3.05) is 13.6 Å². The lowest BCUT2D eigenvalue weighted by Gasteiger charge is -2.19. The number of nitrogens with zero attached hydrogens (tertiary/aromatic N) is 3. The molecule has 0 aliphatic rings. The van der Waals surface area contributed by atoms with Crippen LogP contribution in [0.5, 0.6) is 0 Å². The number of benzene rings is 1. The van der Waals surface area contributed by atoms with E-state index in [1.807, 2.05) is 48.1 Å². The number of amides is 1. The van der Waals surface area contributed by atoms with Crippen LogP contribution < -0.4 is 0 Å². The Kier molecular flexibility index (Phi) is 5.93. The third kappa shape index (κ3) is 4.42.